The average molecular weight is 390 g/mol. The number of carbonyl (C=O) groups excluding carboxylic acids is 2. The van der Waals surface area contributed by atoms with Crippen molar-refractivity contribution >= 4 is 27.8 Å². The summed E-state index contributed by atoms with van der Waals surface area (Å²) in [5.74, 6) is -0.764. The van der Waals surface area contributed by atoms with Gasteiger partial charge in [0.15, 0.2) is 0 Å². The normalized spacial score (nSPS) is 11.7. The molecule has 0 saturated heterocycles. The number of benzene rings is 2. The molecule has 1 atom stereocenters. The first-order valence-electron chi connectivity index (χ1n) is 7.66. The Morgan fingerprint density at radius 2 is 1.79 bits per heavy atom. The lowest BCUT2D eigenvalue weighted by molar-refractivity contribution is -0.146. The standard InChI is InChI=1S/C19H20BrNO3/c1-12-4-5-13(2)16(10-12)11-24-19(23)14(3)21-18(22)15-6-8-17(20)9-7-15/h4-10,14H,11H2,1-3H3,(H,21,22)/t14-/m0/s1. The Hall–Kier alpha value is -2.14. The fraction of sp³-hybridized carbons (Fsp3) is 0.263. The number of hydrogen-bond donors (Lipinski definition) is 1. The van der Waals surface area contributed by atoms with Crippen LogP contribution in [0.15, 0.2) is 46.9 Å². The topological polar surface area (TPSA) is 55.4 Å². The number of nitrogens with one attached hydrogen (secondary N) is 1. The molecule has 0 spiro atoms. The summed E-state index contributed by atoms with van der Waals surface area (Å²) in [5.41, 5.74) is 3.64. The Morgan fingerprint density at radius 3 is 2.46 bits per heavy atom. The summed E-state index contributed by atoms with van der Waals surface area (Å²) in [6, 6.07) is 12.2. The molecule has 0 radical (unpaired) electrons. The molecule has 0 bridgehead atoms. The van der Waals surface area contributed by atoms with Crippen molar-refractivity contribution in [2.75, 3.05) is 0 Å². The zero-order valence-corrected chi connectivity index (χ0v) is 15.5. The third kappa shape index (κ3) is 4.93. The fourth-order valence-corrected chi connectivity index (χ4v) is 2.43. The van der Waals surface area contributed by atoms with Crippen LogP contribution < -0.4 is 5.32 Å². The summed E-state index contributed by atoms with van der Waals surface area (Å²) in [4.78, 5) is 24.2. The molecule has 126 valence electrons. The highest BCUT2D eigenvalue weighted by Gasteiger charge is 2.18. The van der Waals surface area contributed by atoms with Gasteiger partial charge in [0.05, 0.1) is 0 Å². The molecule has 5 heteroatoms. The fourth-order valence-electron chi connectivity index (χ4n) is 2.17. The van der Waals surface area contributed by atoms with Gasteiger partial charge in [-0.25, -0.2) is 4.79 Å². The van der Waals surface area contributed by atoms with Gasteiger partial charge in [0.25, 0.3) is 5.91 Å². The average Bonchev–Trinajstić information content (AvgIpc) is 2.55. The lowest BCUT2D eigenvalue weighted by Crippen LogP contribution is -2.39. The van der Waals surface area contributed by atoms with E-state index in [1.54, 1.807) is 31.2 Å². The van der Waals surface area contributed by atoms with Crippen LogP contribution in [0.5, 0.6) is 0 Å². The minimum absolute atomic E-state index is 0.199. The van der Waals surface area contributed by atoms with Crippen molar-refractivity contribution in [1.82, 2.24) is 5.32 Å². The molecule has 0 heterocycles. The van der Waals surface area contributed by atoms with E-state index in [4.69, 9.17) is 4.74 Å². The van der Waals surface area contributed by atoms with Gasteiger partial charge in [0, 0.05) is 10.0 Å². The number of hydrogen-bond acceptors (Lipinski definition) is 3. The largest absolute Gasteiger partial charge is 0.459 e. The quantitative estimate of drug-likeness (QED) is 0.788. The van der Waals surface area contributed by atoms with Gasteiger partial charge in [0.1, 0.15) is 12.6 Å². The third-order valence-electron chi connectivity index (χ3n) is 3.68. The summed E-state index contributed by atoms with van der Waals surface area (Å²) >= 11 is 3.32. The first-order chi connectivity index (χ1) is 11.4. The molecule has 0 aliphatic rings. The molecule has 2 rings (SSSR count). The van der Waals surface area contributed by atoms with Crippen molar-refractivity contribution < 1.29 is 14.3 Å². The van der Waals surface area contributed by atoms with Crippen LogP contribution in [0, 0.1) is 13.8 Å². The first-order valence-corrected chi connectivity index (χ1v) is 8.45. The number of halogens is 1. The van der Waals surface area contributed by atoms with Gasteiger partial charge in [-0.1, -0.05) is 39.7 Å². The maximum atomic E-state index is 12.1. The van der Waals surface area contributed by atoms with Gasteiger partial charge < -0.3 is 10.1 Å². The molecule has 2 aromatic rings. The van der Waals surface area contributed by atoms with Crippen LogP contribution in [-0.2, 0) is 16.1 Å². The predicted molar refractivity (Wildman–Crippen MR) is 96.8 cm³/mol. The lowest BCUT2D eigenvalue weighted by atomic mass is 10.1. The Labute approximate surface area is 150 Å². The molecular formula is C19H20BrNO3. The van der Waals surface area contributed by atoms with Crippen molar-refractivity contribution in [1.29, 1.82) is 0 Å². The van der Waals surface area contributed by atoms with E-state index in [2.05, 4.69) is 21.2 Å². The number of carbonyl (C=O) groups is 2. The molecular weight excluding hydrogens is 370 g/mol. The van der Waals surface area contributed by atoms with E-state index in [1.165, 1.54) is 0 Å². The molecule has 4 nitrogen and oxygen atoms in total. The van der Waals surface area contributed by atoms with Gasteiger partial charge in [-0.05, 0) is 56.2 Å². The van der Waals surface area contributed by atoms with Crippen LogP contribution in [0.2, 0.25) is 0 Å². The monoisotopic (exact) mass is 389 g/mol. The van der Waals surface area contributed by atoms with Crippen LogP contribution in [0.25, 0.3) is 0 Å². The Balaban J connectivity index is 1.91. The number of esters is 1. The molecule has 0 fully saturated rings. The summed E-state index contributed by atoms with van der Waals surface area (Å²) in [6.45, 7) is 5.78. The van der Waals surface area contributed by atoms with E-state index < -0.39 is 12.0 Å². The number of rotatable bonds is 5. The minimum atomic E-state index is -0.716. The Morgan fingerprint density at radius 1 is 1.12 bits per heavy atom. The van der Waals surface area contributed by atoms with Crippen LogP contribution in [0.1, 0.15) is 34.0 Å². The molecule has 2 aromatic carbocycles. The molecule has 0 saturated carbocycles. The molecule has 0 aromatic heterocycles. The highest BCUT2D eigenvalue weighted by Crippen LogP contribution is 2.13. The van der Waals surface area contributed by atoms with E-state index >= 15 is 0 Å². The molecule has 0 aliphatic heterocycles. The van der Waals surface area contributed by atoms with Crippen LogP contribution in [0.3, 0.4) is 0 Å². The second-order valence-electron chi connectivity index (χ2n) is 5.74. The zero-order valence-electron chi connectivity index (χ0n) is 13.9. The van der Waals surface area contributed by atoms with Crippen molar-refractivity contribution in [3.05, 3.63) is 69.2 Å². The highest BCUT2D eigenvalue weighted by molar-refractivity contribution is 9.10. The van der Waals surface area contributed by atoms with Crippen molar-refractivity contribution in [2.24, 2.45) is 0 Å². The van der Waals surface area contributed by atoms with E-state index in [1.807, 2.05) is 32.0 Å². The van der Waals surface area contributed by atoms with Gasteiger partial charge in [0.2, 0.25) is 0 Å². The van der Waals surface area contributed by atoms with Gasteiger partial charge in [-0.15, -0.1) is 0 Å². The molecule has 0 aliphatic carbocycles. The number of ether oxygens (including phenoxy) is 1. The second-order valence-corrected chi connectivity index (χ2v) is 6.66. The van der Waals surface area contributed by atoms with E-state index in [9.17, 15) is 9.59 Å². The van der Waals surface area contributed by atoms with Crippen molar-refractivity contribution in [3.8, 4) is 0 Å². The summed E-state index contributed by atoms with van der Waals surface area (Å²) in [5, 5.41) is 2.65. The maximum absolute atomic E-state index is 12.1. The van der Waals surface area contributed by atoms with Crippen LogP contribution in [-0.4, -0.2) is 17.9 Å². The van der Waals surface area contributed by atoms with Crippen molar-refractivity contribution in [2.45, 2.75) is 33.4 Å². The van der Waals surface area contributed by atoms with Gasteiger partial charge >= 0.3 is 5.97 Å². The molecule has 24 heavy (non-hydrogen) atoms. The highest BCUT2D eigenvalue weighted by atomic mass is 79.9. The molecule has 1 N–H and O–H groups in total. The summed E-state index contributed by atoms with van der Waals surface area (Å²) in [7, 11) is 0. The SMILES string of the molecule is Cc1ccc(C)c(COC(=O)[C@H](C)NC(=O)c2ccc(Br)cc2)c1. The lowest BCUT2D eigenvalue weighted by Gasteiger charge is -2.14. The third-order valence-corrected chi connectivity index (χ3v) is 4.21. The van der Waals surface area contributed by atoms with E-state index in [-0.39, 0.29) is 12.5 Å². The maximum Gasteiger partial charge on any atom is 0.328 e. The zero-order chi connectivity index (χ0) is 17.7. The molecule has 0 unspecified atom stereocenters. The van der Waals surface area contributed by atoms with Crippen LogP contribution in [0.4, 0.5) is 0 Å². The van der Waals surface area contributed by atoms with E-state index in [0.29, 0.717) is 5.56 Å². The Kier molecular flexibility index (Phi) is 6.15. The second kappa shape index (κ2) is 8.11. The number of aryl methyl sites for hydroxylation is 2. The van der Waals surface area contributed by atoms with Crippen molar-refractivity contribution in [3.63, 3.8) is 0 Å². The van der Waals surface area contributed by atoms with Crippen LogP contribution >= 0.6 is 15.9 Å². The first kappa shape index (κ1) is 18.2. The molecule has 1 amide bonds. The smallest absolute Gasteiger partial charge is 0.328 e. The summed E-state index contributed by atoms with van der Waals surface area (Å²) in [6.07, 6.45) is 0. The van der Waals surface area contributed by atoms with Gasteiger partial charge in [-0.3, -0.25) is 4.79 Å². The predicted octanol–water partition coefficient (Wildman–Crippen LogP) is 3.93. The number of amides is 1. The van der Waals surface area contributed by atoms with Gasteiger partial charge in [-0.2, -0.15) is 0 Å². The summed E-state index contributed by atoms with van der Waals surface area (Å²) < 4.78 is 6.21. The minimum Gasteiger partial charge on any atom is -0.459 e. The van der Waals surface area contributed by atoms with E-state index in [0.717, 1.165) is 21.2 Å². The Bertz CT molecular complexity index is 741.